The highest BCUT2D eigenvalue weighted by Gasteiger charge is 2.25. The summed E-state index contributed by atoms with van der Waals surface area (Å²) in [5.41, 5.74) is 1.05. The predicted molar refractivity (Wildman–Crippen MR) is 146 cm³/mol. The minimum Gasteiger partial charge on any atom is -0.487 e. The topological polar surface area (TPSA) is 133 Å². The second-order valence-corrected chi connectivity index (χ2v) is 8.79. The maximum atomic E-state index is 15.1. The van der Waals surface area contributed by atoms with Crippen LogP contribution >= 0.6 is 0 Å². The standard InChI is InChI=1S/C28H25F2N5O6/c1-38-8-9-39-22-13-21-25(27-26(22)40-10-11-41-27)28(32-15-31-21)35-20-7-6-18(12-19(20)30)34-24(37)14-23(36)33-17-4-2-16(29)3-5-17/h2-7,12-13,15H,8-11,14H2,1H3,(H,33,36)(H,34,37)(H,31,32,35). The minimum atomic E-state index is -0.684. The number of nitrogens with one attached hydrogen (secondary N) is 3. The second kappa shape index (κ2) is 12.4. The number of benzene rings is 3. The van der Waals surface area contributed by atoms with Gasteiger partial charge in [0.05, 0.1) is 23.2 Å². The van der Waals surface area contributed by atoms with Gasteiger partial charge in [0, 0.05) is 24.6 Å². The summed E-state index contributed by atoms with van der Waals surface area (Å²) >= 11 is 0. The fourth-order valence-corrected chi connectivity index (χ4v) is 4.06. The van der Waals surface area contributed by atoms with Gasteiger partial charge in [-0.05, 0) is 42.5 Å². The van der Waals surface area contributed by atoms with Crippen molar-refractivity contribution in [2.24, 2.45) is 0 Å². The van der Waals surface area contributed by atoms with Crippen LogP contribution in [-0.2, 0) is 14.3 Å². The first-order valence-electron chi connectivity index (χ1n) is 12.5. The predicted octanol–water partition coefficient (Wildman–Crippen LogP) is 4.42. The van der Waals surface area contributed by atoms with Gasteiger partial charge in [0.25, 0.3) is 0 Å². The van der Waals surface area contributed by atoms with Gasteiger partial charge in [0.2, 0.25) is 17.6 Å². The number of hydrogen-bond acceptors (Lipinski definition) is 9. The zero-order valence-electron chi connectivity index (χ0n) is 21.8. The maximum absolute atomic E-state index is 15.1. The van der Waals surface area contributed by atoms with E-state index in [1.165, 1.54) is 42.7 Å². The molecule has 3 aromatic carbocycles. The number of rotatable bonds is 10. The molecule has 4 aromatic rings. The van der Waals surface area contributed by atoms with E-state index in [0.29, 0.717) is 60.3 Å². The molecular formula is C28H25F2N5O6. The van der Waals surface area contributed by atoms with E-state index in [0.717, 1.165) is 6.07 Å². The maximum Gasteiger partial charge on any atom is 0.233 e. The minimum absolute atomic E-state index is 0.0722. The van der Waals surface area contributed by atoms with E-state index < -0.39 is 29.9 Å². The smallest absolute Gasteiger partial charge is 0.233 e. The summed E-state index contributed by atoms with van der Waals surface area (Å²) in [5, 5.41) is 8.41. The number of aromatic nitrogens is 2. The third-order valence-corrected chi connectivity index (χ3v) is 5.88. The molecule has 0 unspecified atom stereocenters. The normalized spacial score (nSPS) is 12.1. The SMILES string of the molecule is COCCOc1cc2ncnc(Nc3ccc(NC(=O)CC(=O)Nc4ccc(F)cc4)cc3F)c2c2c1OCCO2. The van der Waals surface area contributed by atoms with E-state index in [9.17, 15) is 14.0 Å². The van der Waals surface area contributed by atoms with Gasteiger partial charge in [-0.1, -0.05) is 0 Å². The first kappa shape index (κ1) is 27.5. The van der Waals surface area contributed by atoms with Crippen molar-refractivity contribution >= 4 is 45.6 Å². The highest BCUT2D eigenvalue weighted by molar-refractivity contribution is 6.08. The van der Waals surface area contributed by atoms with Crippen molar-refractivity contribution in [3.05, 3.63) is 66.5 Å². The second-order valence-electron chi connectivity index (χ2n) is 8.79. The van der Waals surface area contributed by atoms with E-state index in [2.05, 4.69) is 25.9 Å². The summed E-state index contributed by atoms with van der Waals surface area (Å²) in [4.78, 5) is 33.0. The lowest BCUT2D eigenvalue weighted by Gasteiger charge is -2.23. The lowest BCUT2D eigenvalue weighted by Crippen LogP contribution is -2.21. The van der Waals surface area contributed by atoms with Gasteiger partial charge in [0.15, 0.2) is 11.5 Å². The number of anilines is 4. The van der Waals surface area contributed by atoms with Crippen LogP contribution < -0.4 is 30.2 Å². The number of halogens is 2. The quantitative estimate of drug-likeness (QED) is 0.189. The Balaban J connectivity index is 1.30. The molecule has 1 aromatic heterocycles. The largest absolute Gasteiger partial charge is 0.487 e. The van der Waals surface area contributed by atoms with Crippen LogP contribution in [0.1, 0.15) is 6.42 Å². The van der Waals surface area contributed by atoms with Crippen LogP contribution in [0.5, 0.6) is 17.2 Å². The molecule has 0 bridgehead atoms. The molecule has 0 saturated heterocycles. The van der Waals surface area contributed by atoms with Gasteiger partial charge < -0.3 is 34.9 Å². The van der Waals surface area contributed by atoms with Crippen LogP contribution in [-0.4, -0.2) is 55.3 Å². The summed E-state index contributed by atoms with van der Waals surface area (Å²) in [7, 11) is 1.57. The van der Waals surface area contributed by atoms with Gasteiger partial charge in [-0.2, -0.15) is 0 Å². The van der Waals surface area contributed by atoms with Gasteiger partial charge in [-0.15, -0.1) is 0 Å². The van der Waals surface area contributed by atoms with Gasteiger partial charge in [-0.3, -0.25) is 9.59 Å². The molecule has 1 aliphatic rings. The molecule has 0 atom stereocenters. The average molecular weight is 566 g/mol. The van der Waals surface area contributed by atoms with Gasteiger partial charge in [0.1, 0.15) is 50.0 Å². The lowest BCUT2D eigenvalue weighted by molar-refractivity contribution is -0.123. The molecule has 0 spiro atoms. The Morgan fingerprint density at radius 3 is 2.34 bits per heavy atom. The fraction of sp³-hybridized carbons (Fsp3) is 0.214. The van der Waals surface area contributed by atoms with E-state index in [4.69, 9.17) is 18.9 Å². The first-order chi connectivity index (χ1) is 19.9. The number of carbonyl (C=O) groups is 2. The highest BCUT2D eigenvalue weighted by atomic mass is 19.1. The molecule has 0 radical (unpaired) electrons. The van der Waals surface area contributed by atoms with Crippen molar-refractivity contribution < 1.29 is 37.3 Å². The molecule has 41 heavy (non-hydrogen) atoms. The third kappa shape index (κ3) is 6.58. The van der Waals surface area contributed by atoms with E-state index in [1.807, 2.05) is 0 Å². The monoisotopic (exact) mass is 565 g/mol. The molecule has 3 N–H and O–H groups in total. The Labute approximate surface area is 232 Å². The third-order valence-electron chi connectivity index (χ3n) is 5.88. The summed E-state index contributed by atoms with van der Waals surface area (Å²) in [6.45, 7) is 1.29. The molecule has 13 heteroatoms. The first-order valence-corrected chi connectivity index (χ1v) is 12.5. The van der Waals surface area contributed by atoms with Crippen molar-refractivity contribution in [3.8, 4) is 17.2 Å². The van der Waals surface area contributed by atoms with Crippen molar-refractivity contribution in [1.82, 2.24) is 9.97 Å². The summed E-state index contributed by atoms with van der Waals surface area (Å²) < 4.78 is 50.6. The Morgan fingerprint density at radius 1 is 0.902 bits per heavy atom. The van der Waals surface area contributed by atoms with Crippen molar-refractivity contribution in [2.75, 3.05) is 49.5 Å². The zero-order valence-corrected chi connectivity index (χ0v) is 21.8. The number of carbonyl (C=O) groups excluding carboxylic acids is 2. The number of nitrogens with zero attached hydrogens (tertiary/aromatic N) is 2. The van der Waals surface area contributed by atoms with E-state index >= 15 is 4.39 Å². The number of ether oxygens (including phenoxy) is 4. The fourth-order valence-electron chi connectivity index (χ4n) is 4.06. The van der Waals surface area contributed by atoms with Crippen LogP contribution in [0.3, 0.4) is 0 Å². The molecule has 0 saturated carbocycles. The lowest BCUT2D eigenvalue weighted by atomic mass is 10.1. The Kier molecular flexibility index (Phi) is 8.34. The summed E-state index contributed by atoms with van der Waals surface area (Å²) in [6, 6.07) is 10.8. The van der Waals surface area contributed by atoms with Gasteiger partial charge in [-0.25, -0.2) is 18.7 Å². The number of fused-ring (bicyclic) bond motifs is 3. The Morgan fingerprint density at radius 2 is 1.61 bits per heavy atom. The van der Waals surface area contributed by atoms with Crippen molar-refractivity contribution in [1.29, 1.82) is 0 Å². The molecule has 5 rings (SSSR count). The zero-order chi connectivity index (χ0) is 28.8. The summed E-state index contributed by atoms with van der Waals surface area (Å²) in [5.74, 6) is -0.931. The average Bonchev–Trinajstić information content (AvgIpc) is 2.95. The van der Waals surface area contributed by atoms with Crippen LogP contribution in [0.15, 0.2) is 54.9 Å². The number of amides is 2. The van der Waals surface area contributed by atoms with Crippen molar-refractivity contribution in [3.63, 3.8) is 0 Å². The van der Waals surface area contributed by atoms with Crippen LogP contribution in [0, 0.1) is 11.6 Å². The molecule has 212 valence electrons. The van der Waals surface area contributed by atoms with Gasteiger partial charge >= 0.3 is 0 Å². The van der Waals surface area contributed by atoms with E-state index in [-0.39, 0.29) is 17.2 Å². The van der Waals surface area contributed by atoms with Crippen LogP contribution in [0.25, 0.3) is 10.9 Å². The van der Waals surface area contributed by atoms with Crippen molar-refractivity contribution in [2.45, 2.75) is 6.42 Å². The molecule has 2 amide bonds. The number of methoxy groups -OCH3 is 1. The number of hydrogen-bond donors (Lipinski definition) is 3. The van der Waals surface area contributed by atoms with Crippen LogP contribution in [0.4, 0.5) is 31.7 Å². The molecule has 11 nitrogen and oxygen atoms in total. The Bertz CT molecular complexity index is 1590. The van der Waals surface area contributed by atoms with E-state index in [1.54, 1.807) is 13.2 Å². The van der Waals surface area contributed by atoms with Crippen LogP contribution in [0.2, 0.25) is 0 Å². The molecule has 2 heterocycles. The molecule has 0 fully saturated rings. The molecular weight excluding hydrogens is 540 g/mol. The summed E-state index contributed by atoms with van der Waals surface area (Å²) in [6.07, 6.45) is 0.805. The Hall–Kier alpha value is -5.04. The highest BCUT2D eigenvalue weighted by Crippen LogP contribution is 2.47. The molecule has 0 aliphatic carbocycles. The molecule has 1 aliphatic heterocycles.